The van der Waals surface area contributed by atoms with Gasteiger partial charge in [-0.15, -0.1) is 0 Å². The summed E-state index contributed by atoms with van der Waals surface area (Å²) in [7, 11) is -3.84. The van der Waals surface area contributed by atoms with Crippen molar-refractivity contribution >= 4 is 31.6 Å². The summed E-state index contributed by atoms with van der Waals surface area (Å²) < 4.78 is 22.1. The molecule has 0 fully saturated rings. The SMILES string of the molecule is Cc1cc(S(N)(=O)=O)cc(Br)c1[N+](=O)[O-]. The van der Waals surface area contributed by atoms with Crippen molar-refractivity contribution in [3.63, 3.8) is 0 Å². The molecule has 0 bridgehead atoms. The molecule has 0 saturated heterocycles. The first-order valence-electron chi connectivity index (χ1n) is 3.71. The number of hydrogen-bond acceptors (Lipinski definition) is 4. The van der Waals surface area contributed by atoms with Crippen LogP contribution in [0.3, 0.4) is 0 Å². The van der Waals surface area contributed by atoms with Gasteiger partial charge in [0.1, 0.15) is 0 Å². The Labute approximate surface area is 94.4 Å². The highest BCUT2D eigenvalue weighted by atomic mass is 79.9. The van der Waals surface area contributed by atoms with Crippen LogP contribution in [-0.4, -0.2) is 13.3 Å². The van der Waals surface area contributed by atoms with Gasteiger partial charge in [0, 0.05) is 5.56 Å². The van der Waals surface area contributed by atoms with Crippen LogP contribution in [0.25, 0.3) is 0 Å². The van der Waals surface area contributed by atoms with E-state index in [2.05, 4.69) is 15.9 Å². The van der Waals surface area contributed by atoms with E-state index in [1.165, 1.54) is 6.92 Å². The Morgan fingerprint density at radius 2 is 2.00 bits per heavy atom. The predicted molar refractivity (Wildman–Crippen MR) is 56.9 cm³/mol. The largest absolute Gasteiger partial charge is 0.286 e. The lowest BCUT2D eigenvalue weighted by molar-refractivity contribution is -0.386. The summed E-state index contributed by atoms with van der Waals surface area (Å²) in [5.41, 5.74) is 0.0702. The lowest BCUT2D eigenvalue weighted by Crippen LogP contribution is -2.12. The smallest absolute Gasteiger partial charge is 0.258 e. The average Bonchev–Trinajstić information content (AvgIpc) is 1.99. The van der Waals surface area contributed by atoms with Crippen LogP contribution in [0, 0.1) is 17.0 Å². The van der Waals surface area contributed by atoms with E-state index in [0.717, 1.165) is 12.1 Å². The van der Waals surface area contributed by atoms with E-state index in [1.54, 1.807) is 0 Å². The molecule has 0 saturated carbocycles. The van der Waals surface area contributed by atoms with Crippen molar-refractivity contribution in [3.8, 4) is 0 Å². The predicted octanol–water partition coefficient (Wildman–Crippen LogP) is 1.31. The lowest BCUT2D eigenvalue weighted by Gasteiger charge is -2.03. The second-order valence-electron chi connectivity index (χ2n) is 2.87. The van der Waals surface area contributed by atoms with Gasteiger partial charge in [-0.2, -0.15) is 0 Å². The first kappa shape index (κ1) is 12.1. The molecule has 1 aromatic carbocycles. The molecule has 1 rings (SSSR count). The summed E-state index contributed by atoms with van der Waals surface area (Å²) in [5, 5.41) is 15.5. The van der Waals surface area contributed by atoms with Crippen molar-refractivity contribution in [1.82, 2.24) is 0 Å². The molecule has 15 heavy (non-hydrogen) atoms. The van der Waals surface area contributed by atoms with Crippen molar-refractivity contribution < 1.29 is 13.3 Å². The molecule has 0 aliphatic rings. The number of nitro benzene ring substituents is 1. The fourth-order valence-electron chi connectivity index (χ4n) is 1.10. The van der Waals surface area contributed by atoms with Crippen LogP contribution >= 0.6 is 15.9 Å². The van der Waals surface area contributed by atoms with Gasteiger partial charge in [0.05, 0.1) is 14.3 Å². The molecule has 0 amide bonds. The van der Waals surface area contributed by atoms with Gasteiger partial charge >= 0.3 is 0 Å². The third-order valence-electron chi connectivity index (χ3n) is 1.74. The number of primary sulfonamides is 1. The molecule has 2 N–H and O–H groups in total. The molecule has 0 spiro atoms. The van der Waals surface area contributed by atoms with Crippen molar-refractivity contribution in [3.05, 3.63) is 32.3 Å². The van der Waals surface area contributed by atoms with Crippen LogP contribution in [-0.2, 0) is 10.0 Å². The monoisotopic (exact) mass is 294 g/mol. The Bertz CT molecular complexity index is 503. The van der Waals surface area contributed by atoms with E-state index in [0.29, 0.717) is 0 Å². The van der Waals surface area contributed by atoms with Crippen LogP contribution in [0.15, 0.2) is 21.5 Å². The highest BCUT2D eigenvalue weighted by molar-refractivity contribution is 9.10. The molecule has 0 radical (unpaired) electrons. The molecule has 82 valence electrons. The summed E-state index contributed by atoms with van der Waals surface area (Å²) in [6.07, 6.45) is 0. The summed E-state index contributed by atoms with van der Waals surface area (Å²) in [6.45, 7) is 1.44. The van der Waals surface area contributed by atoms with Gasteiger partial charge in [0.2, 0.25) is 10.0 Å². The van der Waals surface area contributed by atoms with E-state index in [4.69, 9.17) is 5.14 Å². The maximum absolute atomic E-state index is 11.0. The zero-order valence-corrected chi connectivity index (χ0v) is 10.0. The molecular formula is C7H7BrN2O4S. The minimum Gasteiger partial charge on any atom is -0.258 e. The summed E-state index contributed by atoms with van der Waals surface area (Å²) in [5.74, 6) is 0. The fraction of sp³-hybridized carbons (Fsp3) is 0.143. The van der Waals surface area contributed by atoms with Gasteiger partial charge in [-0.3, -0.25) is 10.1 Å². The highest BCUT2D eigenvalue weighted by Gasteiger charge is 2.20. The first-order valence-corrected chi connectivity index (χ1v) is 6.04. The molecule has 1 aromatic rings. The average molecular weight is 295 g/mol. The molecule has 0 aliphatic heterocycles. The number of nitro groups is 1. The van der Waals surface area contributed by atoms with Crippen molar-refractivity contribution in [2.75, 3.05) is 0 Å². The van der Waals surface area contributed by atoms with E-state index >= 15 is 0 Å². The molecule has 8 heteroatoms. The molecule has 0 aliphatic carbocycles. The zero-order chi connectivity index (χ0) is 11.8. The van der Waals surface area contributed by atoms with Crippen molar-refractivity contribution in [1.29, 1.82) is 0 Å². The minimum absolute atomic E-state index is 0.0940. The zero-order valence-electron chi connectivity index (χ0n) is 7.60. The van der Waals surface area contributed by atoms with E-state index in [9.17, 15) is 18.5 Å². The topological polar surface area (TPSA) is 103 Å². The number of nitrogens with zero attached hydrogens (tertiary/aromatic N) is 1. The van der Waals surface area contributed by atoms with Crippen LogP contribution in [0.4, 0.5) is 5.69 Å². The van der Waals surface area contributed by atoms with E-state index < -0.39 is 14.9 Å². The number of aryl methyl sites for hydroxylation is 1. The fourth-order valence-corrected chi connectivity index (χ4v) is 2.58. The molecular weight excluding hydrogens is 288 g/mol. The van der Waals surface area contributed by atoms with Gasteiger partial charge < -0.3 is 0 Å². The number of hydrogen-bond donors (Lipinski definition) is 1. The van der Waals surface area contributed by atoms with Crippen LogP contribution in [0.2, 0.25) is 0 Å². The standard InChI is InChI=1S/C7H7BrN2O4S/c1-4-2-5(15(9,13)14)3-6(8)7(4)10(11)12/h2-3H,1H3,(H2,9,13,14). The number of nitrogens with two attached hydrogens (primary N) is 1. The van der Waals surface area contributed by atoms with Gasteiger partial charge in [-0.1, -0.05) is 0 Å². The molecule has 0 unspecified atom stereocenters. The Morgan fingerprint density at radius 1 is 1.47 bits per heavy atom. The Kier molecular flexibility index (Phi) is 3.12. The Hall–Kier alpha value is -0.990. The van der Waals surface area contributed by atoms with Gasteiger partial charge in [-0.05, 0) is 35.0 Å². The summed E-state index contributed by atoms with van der Waals surface area (Å²) >= 11 is 2.93. The van der Waals surface area contributed by atoms with Gasteiger partial charge in [0.15, 0.2) is 0 Å². The minimum atomic E-state index is -3.84. The number of sulfonamides is 1. The molecule has 0 aromatic heterocycles. The molecule has 0 heterocycles. The van der Waals surface area contributed by atoms with Gasteiger partial charge in [0.25, 0.3) is 5.69 Å². The lowest BCUT2D eigenvalue weighted by atomic mass is 10.2. The Balaban J connectivity index is 3.52. The van der Waals surface area contributed by atoms with E-state index in [1.807, 2.05) is 0 Å². The second kappa shape index (κ2) is 3.87. The van der Waals surface area contributed by atoms with Crippen LogP contribution in [0.1, 0.15) is 5.56 Å². The summed E-state index contributed by atoms with van der Waals surface area (Å²) in [6, 6.07) is 2.28. The molecule has 0 atom stereocenters. The maximum atomic E-state index is 11.0. The number of benzene rings is 1. The van der Waals surface area contributed by atoms with Crippen LogP contribution in [0.5, 0.6) is 0 Å². The number of halogens is 1. The van der Waals surface area contributed by atoms with Gasteiger partial charge in [-0.25, -0.2) is 13.6 Å². The quantitative estimate of drug-likeness (QED) is 0.656. The number of rotatable bonds is 2. The first-order chi connectivity index (χ1) is 6.73. The highest BCUT2D eigenvalue weighted by Crippen LogP contribution is 2.30. The maximum Gasteiger partial charge on any atom is 0.286 e. The Morgan fingerprint density at radius 3 is 2.33 bits per heavy atom. The van der Waals surface area contributed by atoms with Crippen LogP contribution < -0.4 is 5.14 Å². The second-order valence-corrected chi connectivity index (χ2v) is 5.29. The third-order valence-corrected chi connectivity index (χ3v) is 3.24. The van der Waals surface area contributed by atoms with Crippen molar-refractivity contribution in [2.24, 2.45) is 5.14 Å². The normalized spacial score (nSPS) is 11.4. The third kappa shape index (κ3) is 2.52. The van der Waals surface area contributed by atoms with Crippen molar-refractivity contribution in [2.45, 2.75) is 11.8 Å². The summed E-state index contributed by atoms with van der Waals surface area (Å²) in [4.78, 5) is 9.85. The van der Waals surface area contributed by atoms with E-state index in [-0.39, 0.29) is 20.6 Å². The molecule has 6 nitrogen and oxygen atoms in total.